The van der Waals surface area contributed by atoms with Crippen molar-refractivity contribution < 1.29 is 4.42 Å². The van der Waals surface area contributed by atoms with Crippen LogP contribution in [0.5, 0.6) is 0 Å². The summed E-state index contributed by atoms with van der Waals surface area (Å²) in [5.74, 6) is 2.46. The number of aromatic nitrogens is 2. The monoisotopic (exact) mass is 215 g/mol. The van der Waals surface area contributed by atoms with E-state index >= 15 is 0 Å². The van der Waals surface area contributed by atoms with Crippen LogP contribution in [-0.4, -0.2) is 29.3 Å². The summed E-state index contributed by atoms with van der Waals surface area (Å²) in [6.07, 6.45) is 3.88. The summed E-state index contributed by atoms with van der Waals surface area (Å²) in [6.45, 7) is 2.09. The summed E-state index contributed by atoms with van der Waals surface area (Å²) in [5.41, 5.74) is 0. The number of hydrogen-bond acceptors (Lipinski definition) is 5. The zero-order valence-electron chi connectivity index (χ0n) is 8.91. The molecule has 0 aliphatic heterocycles. The van der Waals surface area contributed by atoms with E-state index in [4.69, 9.17) is 4.42 Å². The Kier molecular flexibility index (Phi) is 4.97. The van der Waals surface area contributed by atoms with E-state index in [1.54, 1.807) is 11.8 Å². The fourth-order valence-electron chi connectivity index (χ4n) is 1.20. The van der Waals surface area contributed by atoms with E-state index in [2.05, 4.69) is 28.7 Å². The number of nitrogens with zero attached hydrogens (tertiary/aromatic N) is 2. The molecule has 0 fully saturated rings. The standard InChI is InChI=1S/C9H17N3OS/c1-4-7(10-2)9-12-11-8(13-9)5-6-14-3/h7,10H,4-6H2,1-3H3. The minimum Gasteiger partial charge on any atom is -0.424 e. The maximum atomic E-state index is 5.53. The molecule has 0 saturated heterocycles. The van der Waals surface area contributed by atoms with Crippen LogP contribution in [0.2, 0.25) is 0 Å². The van der Waals surface area contributed by atoms with Crippen LogP contribution in [-0.2, 0) is 6.42 Å². The molecule has 0 aliphatic carbocycles. The van der Waals surface area contributed by atoms with Crippen molar-refractivity contribution in [3.8, 4) is 0 Å². The largest absolute Gasteiger partial charge is 0.424 e. The average molecular weight is 215 g/mol. The second-order valence-corrected chi connectivity index (χ2v) is 4.01. The molecule has 1 rings (SSSR count). The number of hydrogen-bond donors (Lipinski definition) is 1. The van der Waals surface area contributed by atoms with Crippen molar-refractivity contribution in [3.05, 3.63) is 11.8 Å². The van der Waals surface area contributed by atoms with Crippen LogP contribution < -0.4 is 5.32 Å². The smallest absolute Gasteiger partial charge is 0.233 e. The van der Waals surface area contributed by atoms with Gasteiger partial charge in [-0.25, -0.2) is 0 Å². The second kappa shape index (κ2) is 6.03. The molecule has 14 heavy (non-hydrogen) atoms. The van der Waals surface area contributed by atoms with Gasteiger partial charge in [-0.3, -0.25) is 0 Å². The van der Waals surface area contributed by atoms with Crippen molar-refractivity contribution in [3.63, 3.8) is 0 Å². The minimum atomic E-state index is 0.186. The molecule has 1 unspecified atom stereocenters. The van der Waals surface area contributed by atoms with E-state index in [1.807, 2.05) is 7.05 Å². The van der Waals surface area contributed by atoms with Crippen molar-refractivity contribution in [2.45, 2.75) is 25.8 Å². The molecule has 0 spiro atoms. The molecule has 5 heteroatoms. The lowest BCUT2D eigenvalue weighted by Gasteiger charge is -2.06. The van der Waals surface area contributed by atoms with Crippen molar-refractivity contribution >= 4 is 11.8 Å². The van der Waals surface area contributed by atoms with Crippen molar-refractivity contribution in [1.82, 2.24) is 15.5 Å². The van der Waals surface area contributed by atoms with Gasteiger partial charge in [0, 0.05) is 12.2 Å². The Balaban J connectivity index is 2.57. The first-order valence-corrected chi connectivity index (χ1v) is 6.19. The maximum Gasteiger partial charge on any atom is 0.233 e. The molecule has 0 bridgehead atoms. The zero-order valence-corrected chi connectivity index (χ0v) is 9.73. The first-order valence-electron chi connectivity index (χ1n) is 4.80. The van der Waals surface area contributed by atoms with Gasteiger partial charge in [0.1, 0.15) is 0 Å². The van der Waals surface area contributed by atoms with E-state index in [1.165, 1.54) is 0 Å². The first-order chi connectivity index (χ1) is 6.81. The van der Waals surface area contributed by atoms with E-state index in [0.29, 0.717) is 5.89 Å². The lowest BCUT2D eigenvalue weighted by atomic mass is 10.2. The highest BCUT2D eigenvalue weighted by Crippen LogP contribution is 2.14. The van der Waals surface area contributed by atoms with Gasteiger partial charge in [-0.2, -0.15) is 11.8 Å². The first kappa shape index (κ1) is 11.5. The van der Waals surface area contributed by atoms with Crippen LogP contribution >= 0.6 is 11.8 Å². The topological polar surface area (TPSA) is 51.0 Å². The van der Waals surface area contributed by atoms with Gasteiger partial charge in [0.25, 0.3) is 0 Å². The molecular formula is C9H17N3OS. The SMILES string of the molecule is CCC(NC)c1nnc(CCSC)o1. The fourth-order valence-corrected chi connectivity index (χ4v) is 1.58. The lowest BCUT2D eigenvalue weighted by Crippen LogP contribution is -2.15. The quantitative estimate of drug-likeness (QED) is 0.782. The molecule has 4 nitrogen and oxygen atoms in total. The van der Waals surface area contributed by atoms with E-state index in [-0.39, 0.29) is 6.04 Å². The Hall–Kier alpha value is -0.550. The Morgan fingerprint density at radius 3 is 2.86 bits per heavy atom. The van der Waals surface area contributed by atoms with Gasteiger partial charge < -0.3 is 9.73 Å². The van der Waals surface area contributed by atoms with Crippen LogP contribution in [0, 0.1) is 0 Å². The van der Waals surface area contributed by atoms with Crippen LogP contribution in [0.25, 0.3) is 0 Å². The highest BCUT2D eigenvalue weighted by atomic mass is 32.2. The van der Waals surface area contributed by atoms with Gasteiger partial charge in [-0.05, 0) is 19.7 Å². The molecule has 1 heterocycles. The van der Waals surface area contributed by atoms with Gasteiger partial charge in [0.2, 0.25) is 11.8 Å². The molecule has 0 radical (unpaired) electrons. The van der Waals surface area contributed by atoms with E-state index in [9.17, 15) is 0 Å². The van der Waals surface area contributed by atoms with Crippen LogP contribution in [0.3, 0.4) is 0 Å². The van der Waals surface area contributed by atoms with Crippen LogP contribution in [0.15, 0.2) is 4.42 Å². The molecule has 0 saturated carbocycles. The van der Waals surface area contributed by atoms with Crippen LogP contribution in [0.1, 0.15) is 31.2 Å². The second-order valence-electron chi connectivity index (χ2n) is 3.03. The zero-order chi connectivity index (χ0) is 10.4. The molecule has 0 amide bonds. The molecule has 0 aliphatic rings. The number of aryl methyl sites for hydroxylation is 1. The molecule has 0 aromatic carbocycles. The van der Waals surface area contributed by atoms with Crippen molar-refractivity contribution in [2.75, 3.05) is 19.1 Å². The lowest BCUT2D eigenvalue weighted by molar-refractivity contribution is 0.389. The van der Waals surface area contributed by atoms with Crippen LogP contribution in [0.4, 0.5) is 0 Å². The van der Waals surface area contributed by atoms with Crippen molar-refractivity contribution in [2.24, 2.45) is 0 Å². The fraction of sp³-hybridized carbons (Fsp3) is 0.778. The highest BCUT2D eigenvalue weighted by molar-refractivity contribution is 7.98. The van der Waals surface area contributed by atoms with Gasteiger partial charge in [0.15, 0.2) is 0 Å². The normalized spacial score (nSPS) is 13.1. The van der Waals surface area contributed by atoms with E-state index in [0.717, 1.165) is 24.5 Å². The summed E-state index contributed by atoms with van der Waals surface area (Å²) < 4.78 is 5.53. The predicted octanol–water partition coefficient (Wildman–Crippen LogP) is 1.65. The molecule has 1 N–H and O–H groups in total. The summed E-state index contributed by atoms with van der Waals surface area (Å²) in [4.78, 5) is 0. The summed E-state index contributed by atoms with van der Waals surface area (Å²) >= 11 is 1.78. The number of thioether (sulfide) groups is 1. The third-order valence-corrected chi connectivity index (χ3v) is 2.67. The van der Waals surface area contributed by atoms with Gasteiger partial charge in [0.05, 0.1) is 6.04 Å². The summed E-state index contributed by atoms with van der Waals surface area (Å²) in [5, 5.41) is 11.2. The molecule has 1 aromatic heterocycles. The van der Waals surface area contributed by atoms with Gasteiger partial charge in [-0.1, -0.05) is 6.92 Å². The Labute approximate surface area is 88.9 Å². The number of nitrogens with one attached hydrogen (secondary N) is 1. The molecule has 1 aromatic rings. The Morgan fingerprint density at radius 1 is 1.50 bits per heavy atom. The Morgan fingerprint density at radius 2 is 2.29 bits per heavy atom. The van der Waals surface area contributed by atoms with Gasteiger partial charge in [-0.15, -0.1) is 10.2 Å². The average Bonchev–Trinajstić information content (AvgIpc) is 2.65. The Bertz CT molecular complexity index is 260. The van der Waals surface area contributed by atoms with E-state index < -0.39 is 0 Å². The highest BCUT2D eigenvalue weighted by Gasteiger charge is 2.14. The van der Waals surface area contributed by atoms with Crippen molar-refractivity contribution in [1.29, 1.82) is 0 Å². The minimum absolute atomic E-state index is 0.186. The summed E-state index contributed by atoms with van der Waals surface area (Å²) in [7, 11) is 1.90. The number of rotatable bonds is 6. The predicted molar refractivity (Wildman–Crippen MR) is 58.5 cm³/mol. The maximum absolute atomic E-state index is 5.53. The molecule has 1 atom stereocenters. The third kappa shape index (κ3) is 2.99. The molecule has 80 valence electrons. The summed E-state index contributed by atoms with van der Waals surface area (Å²) in [6, 6.07) is 0.186. The third-order valence-electron chi connectivity index (χ3n) is 2.06. The van der Waals surface area contributed by atoms with Gasteiger partial charge >= 0.3 is 0 Å². The molecular weight excluding hydrogens is 198 g/mol.